The number of rotatable bonds is 10. The number of piperidine rings is 1. The summed E-state index contributed by atoms with van der Waals surface area (Å²) in [7, 11) is 0. The maximum absolute atomic E-state index is 11.9. The molecule has 0 radical (unpaired) electrons. The third kappa shape index (κ3) is 7.19. The Morgan fingerprint density at radius 2 is 1.72 bits per heavy atom. The summed E-state index contributed by atoms with van der Waals surface area (Å²) in [5, 5.41) is 0. The molecule has 0 aromatic heterocycles. The monoisotopic (exact) mass is 344 g/mol. The molecule has 1 fully saturated rings. The van der Waals surface area contributed by atoms with Crippen molar-refractivity contribution in [1.82, 2.24) is 4.90 Å². The Morgan fingerprint density at radius 1 is 1.04 bits per heavy atom. The highest BCUT2D eigenvalue weighted by molar-refractivity contribution is 5.81. The van der Waals surface area contributed by atoms with Gasteiger partial charge in [0.2, 0.25) is 5.91 Å². The molecule has 0 bridgehead atoms. The zero-order valence-corrected chi connectivity index (χ0v) is 16.2. The number of likely N-dealkylation sites (tertiary alicyclic amines) is 1. The van der Waals surface area contributed by atoms with Gasteiger partial charge in [-0.25, -0.2) is 0 Å². The van der Waals surface area contributed by atoms with Crippen molar-refractivity contribution < 1.29 is 4.79 Å². The molecular weight excluding hydrogens is 308 g/mol. The summed E-state index contributed by atoms with van der Waals surface area (Å²) in [5.41, 5.74) is 8.09. The van der Waals surface area contributed by atoms with Gasteiger partial charge in [-0.15, -0.1) is 0 Å². The van der Waals surface area contributed by atoms with E-state index in [2.05, 4.69) is 43.0 Å². The van der Waals surface area contributed by atoms with Crippen LogP contribution in [0.5, 0.6) is 0 Å². The SMILES string of the molecule is CC(C)Cc1ccc([C@H](CCCCCN2CCCCC2)C(N)=O)cc1. The molecule has 1 aliphatic rings. The number of amides is 1. The van der Waals surface area contributed by atoms with Gasteiger partial charge in [-0.2, -0.15) is 0 Å². The summed E-state index contributed by atoms with van der Waals surface area (Å²) in [6.07, 6.45) is 9.57. The first-order valence-corrected chi connectivity index (χ1v) is 10.2. The summed E-state index contributed by atoms with van der Waals surface area (Å²) in [4.78, 5) is 14.5. The molecule has 1 heterocycles. The summed E-state index contributed by atoms with van der Waals surface area (Å²) >= 11 is 0. The standard InChI is InChI=1S/C22H36N2O/c1-18(2)17-19-10-12-20(13-11-19)21(22(23)25)9-5-3-6-14-24-15-7-4-8-16-24/h10-13,18,21H,3-9,14-17H2,1-2H3,(H2,23,25)/t21-/m0/s1. The zero-order chi connectivity index (χ0) is 18.1. The van der Waals surface area contributed by atoms with E-state index in [1.807, 2.05) is 0 Å². The topological polar surface area (TPSA) is 46.3 Å². The van der Waals surface area contributed by atoms with E-state index in [4.69, 9.17) is 5.73 Å². The number of hydrogen-bond donors (Lipinski definition) is 1. The third-order valence-electron chi connectivity index (χ3n) is 5.29. The van der Waals surface area contributed by atoms with Crippen molar-refractivity contribution in [3.05, 3.63) is 35.4 Å². The highest BCUT2D eigenvalue weighted by atomic mass is 16.1. The fourth-order valence-electron chi connectivity index (χ4n) is 3.87. The number of nitrogens with zero attached hydrogens (tertiary/aromatic N) is 1. The molecule has 0 aliphatic carbocycles. The van der Waals surface area contributed by atoms with Gasteiger partial charge in [0.1, 0.15) is 0 Å². The number of primary amides is 1. The van der Waals surface area contributed by atoms with Crippen LogP contribution in [0.15, 0.2) is 24.3 Å². The van der Waals surface area contributed by atoms with Gasteiger partial charge in [-0.1, -0.05) is 57.4 Å². The Labute approximate surface area is 154 Å². The predicted octanol–water partition coefficient (Wildman–Crippen LogP) is 4.50. The minimum atomic E-state index is -0.187. The molecule has 3 heteroatoms. The molecule has 3 nitrogen and oxygen atoms in total. The molecule has 0 unspecified atom stereocenters. The lowest BCUT2D eigenvalue weighted by Gasteiger charge is -2.26. The zero-order valence-electron chi connectivity index (χ0n) is 16.2. The van der Waals surface area contributed by atoms with Crippen LogP contribution in [-0.2, 0) is 11.2 Å². The predicted molar refractivity (Wildman–Crippen MR) is 106 cm³/mol. The van der Waals surface area contributed by atoms with E-state index in [0.29, 0.717) is 5.92 Å². The van der Waals surface area contributed by atoms with Gasteiger partial charge in [-0.05, 0) is 68.8 Å². The van der Waals surface area contributed by atoms with Gasteiger partial charge >= 0.3 is 0 Å². The molecule has 2 rings (SSSR count). The third-order valence-corrected chi connectivity index (χ3v) is 5.29. The molecule has 25 heavy (non-hydrogen) atoms. The largest absolute Gasteiger partial charge is 0.369 e. The maximum Gasteiger partial charge on any atom is 0.224 e. The summed E-state index contributed by atoms with van der Waals surface area (Å²) in [5.74, 6) is 0.327. The van der Waals surface area contributed by atoms with Crippen molar-refractivity contribution in [3.8, 4) is 0 Å². The number of carbonyl (C=O) groups excluding carboxylic acids is 1. The van der Waals surface area contributed by atoms with Crippen molar-refractivity contribution in [2.75, 3.05) is 19.6 Å². The molecule has 1 amide bonds. The molecule has 140 valence electrons. The minimum absolute atomic E-state index is 0.136. The van der Waals surface area contributed by atoms with Crippen LogP contribution in [-0.4, -0.2) is 30.4 Å². The summed E-state index contributed by atoms with van der Waals surface area (Å²) in [6.45, 7) is 8.21. The molecular formula is C22H36N2O. The maximum atomic E-state index is 11.9. The van der Waals surface area contributed by atoms with Gasteiger partial charge in [0.05, 0.1) is 5.92 Å². The molecule has 1 aliphatic heterocycles. The number of unbranched alkanes of at least 4 members (excludes halogenated alkanes) is 2. The number of hydrogen-bond acceptors (Lipinski definition) is 2. The van der Waals surface area contributed by atoms with Gasteiger partial charge in [0.25, 0.3) is 0 Å². The van der Waals surface area contributed by atoms with Crippen molar-refractivity contribution in [2.24, 2.45) is 11.7 Å². The average molecular weight is 345 g/mol. The first kappa shape index (κ1) is 20.0. The Balaban J connectivity index is 1.75. The molecule has 1 aromatic carbocycles. The lowest BCUT2D eigenvalue weighted by atomic mass is 9.91. The fourth-order valence-corrected chi connectivity index (χ4v) is 3.87. The number of carbonyl (C=O) groups is 1. The Bertz CT molecular complexity index is 503. The van der Waals surface area contributed by atoms with E-state index in [0.717, 1.165) is 24.8 Å². The van der Waals surface area contributed by atoms with Crippen molar-refractivity contribution in [1.29, 1.82) is 0 Å². The lowest BCUT2D eigenvalue weighted by molar-refractivity contribution is -0.119. The van der Waals surface area contributed by atoms with Crippen LogP contribution < -0.4 is 5.73 Å². The van der Waals surface area contributed by atoms with Gasteiger partial charge < -0.3 is 10.6 Å². The summed E-state index contributed by atoms with van der Waals surface area (Å²) < 4.78 is 0. The smallest absolute Gasteiger partial charge is 0.224 e. The average Bonchev–Trinajstić information content (AvgIpc) is 2.59. The second kappa shape index (κ2) is 10.6. The highest BCUT2D eigenvalue weighted by Crippen LogP contribution is 2.23. The van der Waals surface area contributed by atoms with Crippen LogP contribution in [0.3, 0.4) is 0 Å². The van der Waals surface area contributed by atoms with Crippen LogP contribution in [0.1, 0.15) is 75.8 Å². The number of nitrogens with two attached hydrogens (primary N) is 1. The van der Waals surface area contributed by atoms with E-state index < -0.39 is 0 Å². The molecule has 2 N–H and O–H groups in total. The molecule has 1 saturated heterocycles. The number of benzene rings is 1. The van der Waals surface area contributed by atoms with E-state index >= 15 is 0 Å². The Hall–Kier alpha value is -1.35. The summed E-state index contributed by atoms with van der Waals surface area (Å²) in [6, 6.07) is 8.50. The van der Waals surface area contributed by atoms with Gasteiger partial charge in [0, 0.05) is 0 Å². The van der Waals surface area contributed by atoms with Gasteiger partial charge in [-0.3, -0.25) is 4.79 Å². The van der Waals surface area contributed by atoms with Crippen LogP contribution in [0.2, 0.25) is 0 Å². The van der Waals surface area contributed by atoms with E-state index in [1.54, 1.807) is 0 Å². The highest BCUT2D eigenvalue weighted by Gasteiger charge is 2.17. The Kier molecular flexibility index (Phi) is 8.47. The van der Waals surface area contributed by atoms with Crippen molar-refractivity contribution >= 4 is 5.91 Å². The lowest BCUT2D eigenvalue weighted by Crippen LogP contribution is -2.30. The molecule has 0 saturated carbocycles. The second-order valence-corrected chi connectivity index (χ2v) is 8.05. The van der Waals surface area contributed by atoms with Crippen molar-refractivity contribution in [3.63, 3.8) is 0 Å². The van der Waals surface area contributed by atoms with Crippen LogP contribution in [0, 0.1) is 5.92 Å². The second-order valence-electron chi connectivity index (χ2n) is 8.05. The normalized spacial score (nSPS) is 16.9. The Morgan fingerprint density at radius 3 is 2.32 bits per heavy atom. The van der Waals surface area contributed by atoms with Crippen LogP contribution >= 0.6 is 0 Å². The van der Waals surface area contributed by atoms with E-state index in [9.17, 15) is 4.79 Å². The molecule has 0 spiro atoms. The fraction of sp³-hybridized carbons (Fsp3) is 0.682. The van der Waals surface area contributed by atoms with E-state index in [1.165, 1.54) is 57.3 Å². The van der Waals surface area contributed by atoms with Crippen molar-refractivity contribution in [2.45, 2.75) is 71.1 Å². The minimum Gasteiger partial charge on any atom is -0.369 e. The van der Waals surface area contributed by atoms with Gasteiger partial charge in [0.15, 0.2) is 0 Å². The quantitative estimate of drug-likeness (QED) is 0.635. The first-order chi connectivity index (χ1) is 12.1. The van der Waals surface area contributed by atoms with Crippen LogP contribution in [0.25, 0.3) is 0 Å². The van der Waals surface area contributed by atoms with E-state index in [-0.39, 0.29) is 11.8 Å². The first-order valence-electron chi connectivity index (χ1n) is 10.2. The molecule has 1 atom stereocenters. The molecule has 1 aromatic rings. The van der Waals surface area contributed by atoms with Crippen LogP contribution in [0.4, 0.5) is 0 Å².